The van der Waals surface area contributed by atoms with E-state index in [9.17, 15) is 4.79 Å². The predicted octanol–water partition coefficient (Wildman–Crippen LogP) is 2.41. The van der Waals surface area contributed by atoms with Crippen molar-refractivity contribution >= 4 is 6.29 Å². The lowest BCUT2D eigenvalue weighted by Gasteiger charge is -2.13. The molecule has 0 N–H and O–H groups in total. The van der Waals surface area contributed by atoms with Crippen LogP contribution in [0.25, 0.3) is 0 Å². The minimum absolute atomic E-state index is 0.0291. The number of aromatic nitrogens is 2. The van der Waals surface area contributed by atoms with E-state index in [0.717, 1.165) is 24.1 Å². The van der Waals surface area contributed by atoms with Crippen molar-refractivity contribution in [3.63, 3.8) is 0 Å². The molecule has 0 saturated heterocycles. The summed E-state index contributed by atoms with van der Waals surface area (Å²) in [7, 11) is 1.90. The molecule has 0 spiro atoms. The lowest BCUT2D eigenvalue weighted by molar-refractivity contribution is -0.109. The van der Waals surface area contributed by atoms with Crippen LogP contribution in [0.1, 0.15) is 51.4 Å². The number of aryl methyl sites for hydroxylation is 1. The molecule has 0 aromatic carbocycles. The van der Waals surface area contributed by atoms with Crippen molar-refractivity contribution in [2.75, 3.05) is 0 Å². The Morgan fingerprint density at radius 2 is 2.13 bits per heavy atom. The molecular formula is C12H20N2O. The zero-order valence-electron chi connectivity index (χ0n) is 10.2. The zero-order valence-corrected chi connectivity index (χ0v) is 10.2. The van der Waals surface area contributed by atoms with Crippen molar-refractivity contribution in [1.82, 2.24) is 9.78 Å². The molecule has 0 aliphatic carbocycles. The summed E-state index contributed by atoms with van der Waals surface area (Å²) in [6.45, 7) is 8.39. The molecule has 3 heteroatoms. The Hall–Kier alpha value is -1.12. The van der Waals surface area contributed by atoms with Crippen LogP contribution in [0.15, 0.2) is 6.07 Å². The molecule has 84 valence electrons. The Morgan fingerprint density at radius 3 is 2.47 bits per heavy atom. The van der Waals surface area contributed by atoms with Gasteiger partial charge in [-0.3, -0.25) is 4.68 Å². The lowest BCUT2D eigenvalue weighted by atomic mass is 9.91. The van der Waals surface area contributed by atoms with Gasteiger partial charge in [-0.05, 0) is 12.5 Å². The van der Waals surface area contributed by atoms with Crippen LogP contribution in [0.2, 0.25) is 0 Å². The molecule has 0 saturated carbocycles. The molecule has 0 amide bonds. The number of aldehydes is 1. The molecule has 0 bridgehead atoms. The monoisotopic (exact) mass is 208 g/mol. The highest BCUT2D eigenvalue weighted by atomic mass is 16.1. The molecule has 0 aliphatic rings. The first-order chi connectivity index (χ1) is 6.90. The summed E-state index contributed by atoms with van der Waals surface area (Å²) in [5.74, 6) is -0.0291. The van der Waals surface area contributed by atoms with E-state index in [-0.39, 0.29) is 11.3 Å². The van der Waals surface area contributed by atoms with Gasteiger partial charge in [0.25, 0.3) is 0 Å². The summed E-state index contributed by atoms with van der Waals surface area (Å²) in [5.41, 5.74) is 2.09. The molecular weight excluding hydrogens is 188 g/mol. The maximum absolute atomic E-state index is 10.9. The summed E-state index contributed by atoms with van der Waals surface area (Å²) >= 11 is 0. The largest absolute Gasteiger partial charge is 0.303 e. The number of carbonyl (C=O) groups is 1. The molecule has 1 rings (SSSR count). The summed E-state index contributed by atoms with van der Waals surface area (Å²) in [4.78, 5) is 10.9. The van der Waals surface area contributed by atoms with Gasteiger partial charge in [-0.25, -0.2) is 0 Å². The summed E-state index contributed by atoms with van der Waals surface area (Å²) in [5, 5.41) is 4.46. The number of hydrogen-bond donors (Lipinski definition) is 0. The normalized spacial score (nSPS) is 13.9. The van der Waals surface area contributed by atoms with Crippen molar-refractivity contribution in [3.05, 3.63) is 17.5 Å². The third-order valence-electron chi connectivity index (χ3n) is 2.67. The Kier molecular flexibility index (Phi) is 3.32. The van der Waals surface area contributed by atoms with Crippen molar-refractivity contribution < 1.29 is 4.79 Å². The van der Waals surface area contributed by atoms with Gasteiger partial charge in [0.15, 0.2) is 0 Å². The molecule has 0 fully saturated rings. The van der Waals surface area contributed by atoms with Crippen LogP contribution in [-0.2, 0) is 17.3 Å². The van der Waals surface area contributed by atoms with E-state index in [1.807, 2.05) is 24.7 Å². The van der Waals surface area contributed by atoms with Crippen LogP contribution in [0.3, 0.4) is 0 Å². The molecule has 1 aromatic heterocycles. The first-order valence-electron chi connectivity index (χ1n) is 5.39. The maximum Gasteiger partial charge on any atom is 0.129 e. The molecule has 1 unspecified atom stereocenters. The first-order valence-corrected chi connectivity index (χ1v) is 5.39. The van der Waals surface area contributed by atoms with Gasteiger partial charge in [-0.15, -0.1) is 0 Å². The fraction of sp³-hybridized carbons (Fsp3) is 0.667. The highest BCUT2D eigenvalue weighted by Crippen LogP contribution is 2.25. The van der Waals surface area contributed by atoms with Crippen molar-refractivity contribution in [2.45, 2.75) is 45.4 Å². The van der Waals surface area contributed by atoms with Gasteiger partial charge in [0.1, 0.15) is 6.29 Å². The number of rotatable bonds is 3. The summed E-state index contributed by atoms with van der Waals surface area (Å²) in [6.07, 6.45) is 1.83. The second kappa shape index (κ2) is 4.17. The van der Waals surface area contributed by atoms with Gasteiger partial charge in [0.05, 0.1) is 11.6 Å². The van der Waals surface area contributed by atoms with E-state index >= 15 is 0 Å². The zero-order chi connectivity index (χ0) is 11.6. The minimum atomic E-state index is -0.0291. The lowest BCUT2D eigenvalue weighted by Crippen LogP contribution is -2.12. The molecule has 3 nitrogen and oxygen atoms in total. The number of nitrogens with zero attached hydrogens (tertiary/aromatic N) is 2. The average molecular weight is 208 g/mol. The summed E-state index contributed by atoms with van der Waals surface area (Å²) < 4.78 is 1.82. The summed E-state index contributed by atoms with van der Waals surface area (Å²) in [6, 6.07) is 2.04. The van der Waals surface area contributed by atoms with Gasteiger partial charge >= 0.3 is 0 Å². The highest BCUT2D eigenvalue weighted by Gasteiger charge is 2.21. The van der Waals surface area contributed by atoms with Crippen LogP contribution < -0.4 is 0 Å². The fourth-order valence-corrected chi connectivity index (χ4v) is 1.57. The van der Waals surface area contributed by atoms with Crippen molar-refractivity contribution in [1.29, 1.82) is 0 Å². The molecule has 1 heterocycles. The van der Waals surface area contributed by atoms with Gasteiger partial charge in [0, 0.05) is 18.2 Å². The maximum atomic E-state index is 10.9. The van der Waals surface area contributed by atoms with E-state index < -0.39 is 0 Å². The van der Waals surface area contributed by atoms with E-state index in [2.05, 4.69) is 25.9 Å². The minimum Gasteiger partial charge on any atom is -0.303 e. The first kappa shape index (κ1) is 12.0. The second-order valence-electron chi connectivity index (χ2n) is 4.98. The van der Waals surface area contributed by atoms with E-state index in [0.29, 0.717) is 0 Å². The number of hydrogen-bond acceptors (Lipinski definition) is 2. The molecule has 1 aromatic rings. The van der Waals surface area contributed by atoms with Gasteiger partial charge < -0.3 is 4.79 Å². The highest BCUT2D eigenvalue weighted by molar-refractivity contribution is 5.61. The third kappa shape index (κ3) is 2.46. The van der Waals surface area contributed by atoms with Gasteiger partial charge in [-0.1, -0.05) is 27.7 Å². The SMILES string of the molecule is CCC(C=O)c1cc(C(C)(C)C)nn1C. The van der Waals surface area contributed by atoms with Crippen LogP contribution in [-0.4, -0.2) is 16.1 Å². The fourth-order valence-electron chi connectivity index (χ4n) is 1.57. The van der Waals surface area contributed by atoms with Crippen LogP contribution in [0, 0.1) is 0 Å². The molecule has 0 radical (unpaired) electrons. The predicted molar refractivity (Wildman–Crippen MR) is 61.0 cm³/mol. The number of carbonyl (C=O) groups excluding carboxylic acids is 1. The van der Waals surface area contributed by atoms with E-state index in [4.69, 9.17) is 0 Å². The Morgan fingerprint density at radius 1 is 1.53 bits per heavy atom. The van der Waals surface area contributed by atoms with Crippen LogP contribution in [0.4, 0.5) is 0 Å². The third-order valence-corrected chi connectivity index (χ3v) is 2.67. The Labute approximate surface area is 91.5 Å². The van der Waals surface area contributed by atoms with E-state index in [1.165, 1.54) is 0 Å². The van der Waals surface area contributed by atoms with Crippen LogP contribution >= 0.6 is 0 Å². The molecule has 15 heavy (non-hydrogen) atoms. The topological polar surface area (TPSA) is 34.9 Å². The van der Waals surface area contributed by atoms with Crippen molar-refractivity contribution in [2.24, 2.45) is 7.05 Å². The smallest absolute Gasteiger partial charge is 0.129 e. The Bertz CT molecular complexity index is 347. The van der Waals surface area contributed by atoms with Crippen LogP contribution in [0.5, 0.6) is 0 Å². The van der Waals surface area contributed by atoms with Gasteiger partial charge in [0.2, 0.25) is 0 Å². The Balaban J connectivity index is 3.11. The van der Waals surface area contributed by atoms with Crippen molar-refractivity contribution in [3.8, 4) is 0 Å². The quantitative estimate of drug-likeness (QED) is 0.715. The average Bonchev–Trinajstić information content (AvgIpc) is 2.50. The standard InChI is InChI=1S/C12H20N2O/c1-6-9(8-15)10-7-11(12(2,3)4)13-14(10)5/h7-9H,6H2,1-5H3. The van der Waals surface area contributed by atoms with Gasteiger partial charge in [-0.2, -0.15) is 5.10 Å². The molecule has 0 aliphatic heterocycles. The van der Waals surface area contributed by atoms with E-state index in [1.54, 1.807) is 0 Å². The second-order valence-corrected chi connectivity index (χ2v) is 4.98. The molecule has 1 atom stereocenters.